The normalized spacial score (nSPS) is 20.2. The van der Waals surface area contributed by atoms with Crippen molar-refractivity contribution in [2.75, 3.05) is 32.9 Å². The average molecular weight is 283 g/mol. The number of hydrogen-bond acceptors (Lipinski definition) is 3. The van der Waals surface area contributed by atoms with Crippen molar-refractivity contribution >= 4 is 16.5 Å². The maximum absolute atomic E-state index is 6.26. The molecule has 0 bridgehead atoms. The minimum atomic E-state index is 0.667. The van der Waals surface area contributed by atoms with E-state index in [4.69, 9.17) is 5.73 Å². The fourth-order valence-corrected chi connectivity index (χ4v) is 3.28. The van der Waals surface area contributed by atoms with E-state index >= 15 is 0 Å². The molecule has 2 aromatic rings. The fraction of sp³-hybridized carbons (Fsp3) is 0.444. The Balaban J connectivity index is 1.79. The molecule has 21 heavy (non-hydrogen) atoms. The van der Waals surface area contributed by atoms with Gasteiger partial charge in [-0.25, -0.2) is 0 Å². The second-order valence-electron chi connectivity index (χ2n) is 6.39. The first-order valence-corrected chi connectivity index (χ1v) is 7.79. The smallest absolute Gasteiger partial charge is 0.0366 e. The lowest BCUT2D eigenvalue weighted by molar-refractivity contribution is 0.128. The molecule has 0 amide bonds. The summed E-state index contributed by atoms with van der Waals surface area (Å²) in [5.41, 5.74) is 8.44. The van der Waals surface area contributed by atoms with Crippen molar-refractivity contribution in [1.29, 1.82) is 0 Å². The van der Waals surface area contributed by atoms with Crippen molar-refractivity contribution in [2.45, 2.75) is 25.4 Å². The Morgan fingerprint density at radius 1 is 1.19 bits per heavy atom. The van der Waals surface area contributed by atoms with Gasteiger partial charge in [0.2, 0.25) is 0 Å². The summed E-state index contributed by atoms with van der Waals surface area (Å²) in [4.78, 5) is 4.88. The van der Waals surface area contributed by atoms with Gasteiger partial charge in [-0.15, -0.1) is 0 Å². The third-order valence-corrected chi connectivity index (χ3v) is 4.61. The number of likely N-dealkylation sites (N-methyl/N-ethyl adjacent to an activating group) is 1. The van der Waals surface area contributed by atoms with Crippen LogP contribution in [0.2, 0.25) is 0 Å². The third kappa shape index (κ3) is 3.20. The van der Waals surface area contributed by atoms with Crippen molar-refractivity contribution in [3.63, 3.8) is 0 Å². The topological polar surface area (TPSA) is 32.5 Å². The highest BCUT2D eigenvalue weighted by atomic mass is 15.2. The molecule has 112 valence electrons. The molecular formula is C18H25N3. The number of nitrogens with two attached hydrogens (primary N) is 1. The highest BCUT2D eigenvalue weighted by Crippen LogP contribution is 2.24. The minimum Gasteiger partial charge on any atom is -0.398 e. The lowest BCUT2D eigenvalue weighted by Gasteiger charge is -2.36. The van der Waals surface area contributed by atoms with Crippen LogP contribution < -0.4 is 5.73 Å². The lowest BCUT2D eigenvalue weighted by Crippen LogP contribution is -2.44. The summed E-state index contributed by atoms with van der Waals surface area (Å²) in [5.74, 6) is 0. The Bertz CT molecular complexity index is 621. The molecule has 3 rings (SSSR count). The largest absolute Gasteiger partial charge is 0.398 e. The first kappa shape index (κ1) is 14.4. The number of likely N-dealkylation sites (tertiary alicyclic amines) is 1. The summed E-state index contributed by atoms with van der Waals surface area (Å²) in [6, 6.07) is 13.5. The van der Waals surface area contributed by atoms with E-state index in [1.807, 2.05) is 0 Å². The van der Waals surface area contributed by atoms with Crippen LogP contribution in [0, 0.1) is 0 Å². The molecule has 0 spiro atoms. The van der Waals surface area contributed by atoms with E-state index in [-0.39, 0.29) is 0 Å². The van der Waals surface area contributed by atoms with Crippen molar-refractivity contribution in [1.82, 2.24) is 9.80 Å². The predicted molar refractivity (Wildman–Crippen MR) is 90.3 cm³/mol. The molecule has 1 heterocycles. The van der Waals surface area contributed by atoms with Gasteiger partial charge in [0.05, 0.1) is 0 Å². The van der Waals surface area contributed by atoms with E-state index in [1.54, 1.807) is 0 Å². The van der Waals surface area contributed by atoms with Crippen LogP contribution in [0.15, 0.2) is 36.4 Å². The summed E-state index contributed by atoms with van der Waals surface area (Å²) in [6.07, 6.45) is 2.58. The van der Waals surface area contributed by atoms with Crippen LogP contribution in [0.5, 0.6) is 0 Å². The van der Waals surface area contributed by atoms with Crippen molar-refractivity contribution in [3.8, 4) is 0 Å². The Kier molecular flexibility index (Phi) is 4.13. The van der Waals surface area contributed by atoms with E-state index in [1.165, 1.54) is 35.7 Å². The predicted octanol–water partition coefficient (Wildman–Crippen LogP) is 2.95. The molecule has 1 aliphatic rings. The highest BCUT2D eigenvalue weighted by Gasteiger charge is 2.21. The van der Waals surface area contributed by atoms with Crippen LogP contribution in [0.4, 0.5) is 5.69 Å². The Morgan fingerprint density at radius 2 is 1.90 bits per heavy atom. The van der Waals surface area contributed by atoms with Crippen LogP contribution >= 0.6 is 0 Å². The Hall–Kier alpha value is -1.58. The number of nitrogens with zero attached hydrogens (tertiary/aromatic N) is 2. The highest BCUT2D eigenvalue weighted by molar-refractivity contribution is 5.86. The zero-order valence-electron chi connectivity index (χ0n) is 13.0. The number of fused-ring (bicyclic) bond motifs is 1. The second kappa shape index (κ2) is 6.04. The van der Waals surface area contributed by atoms with Crippen LogP contribution in [0.3, 0.4) is 0 Å². The standard InChI is InChI=1S/C18H25N3/c1-20(2)17-8-5-9-21(13-17)12-16-10-14-6-3-4-7-15(14)11-18(16)19/h3-4,6-7,10-11,17H,5,8-9,12-13,19H2,1-2H3. The molecular weight excluding hydrogens is 258 g/mol. The molecule has 2 N–H and O–H groups in total. The quantitative estimate of drug-likeness (QED) is 0.879. The van der Waals surface area contributed by atoms with Crippen molar-refractivity contribution in [2.24, 2.45) is 0 Å². The van der Waals surface area contributed by atoms with Gasteiger partial charge in [-0.1, -0.05) is 24.3 Å². The Morgan fingerprint density at radius 3 is 2.62 bits per heavy atom. The molecule has 1 aliphatic heterocycles. The first-order chi connectivity index (χ1) is 10.1. The molecule has 0 radical (unpaired) electrons. The molecule has 0 saturated carbocycles. The van der Waals surface area contributed by atoms with E-state index in [0.717, 1.165) is 18.8 Å². The van der Waals surface area contributed by atoms with E-state index in [9.17, 15) is 0 Å². The van der Waals surface area contributed by atoms with Gasteiger partial charge < -0.3 is 10.6 Å². The molecule has 3 heteroatoms. The number of piperidine rings is 1. The number of rotatable bonds is 3. The third-order valence-electron chi connectivity index (χ3n) is 4.61. The summed E-state index contributed by atoms with van der Waals surface area (Å²) in [7, 11) is 4.36. The SMILES string of the molecule is CN(C)C1CCCN(Cc2cc3ccccc3cc2N)C1. The molecule has 3 nitrogen and oxygen atoms in total. The zero-order chi connectivity index (χ0) is 14.8. The van der Waals surface area contributed by atoms with E-state index < -0.39 is 0 Å². The van der Waals surface area contributed by atoms with Gasteiger partial charge in [-0.2, -0.15) is 0 Å². The second-order valence-corrected chi connectivity index (χ2v) is 6.39. The summed E-state index contributed by atoms with van der Waals surface area (Å²) < 4.78 is 0. The van der Waals surface area contributed by atoms with Crippen LogP contribution in [0.1, 0.15) is 18.4 Å². The molecule has 1 atom stereocenters. The maximum atomic E-state index is 6.26. The summed E-state index contributed by atoms with van der Waals surface area (Å²) in [5, 5.41) is 2.51. The summed E-state index contributed by atoms with van der Waals surface area (Å²) in [6.45, 7) is 3.27. The zero-order valence-corrected chi connectivity index (χ0v) is 13.0. The molecule has 0 aromatic heterocycles. The fourth-order valence-electron chi connectivity index (χ4n) is 3.28. The Labute approximate surface area is 127 Å². The van der Waals surface area contributed by atoms with Crippen LogP contribution in [-0.4, -0.2) is 43.0 Å². The van der Waals surface area contributed by atoms with Gasteiger partial charge in [-0.3, -0.25) is 4.90 Å². The summed E-state index contributed by atoms with van der Waals surface area (Å²) >= 11 is 0. The molecule has 0 aliphatic carbocycles. The number of anilines is 1. The van der Waals surface area contributed by atoms with Gasteiger partial charge in [0.1, 0.15) is 0 Å². The molecule has 1 unspecified atom stereocenters. The number of nitrogen functional groups attached to an aromatic ring is 1. The van der Waals surface area contributed by atoms with Gasteiger partial charge in [-0.05, 0) is 62.0 Å². The van der Waals surface area contributed by atoms with Gasteiger partial charge in [0.15, 0.2) is 0 Å². The van der Waals surface area contributed by atoms with E-state index in [0.29, 0.717) is 6.04 Å². The lowest BCUT2D eigenvalue weighted by atomic mass is 10.0. The minimum absolute atomic E-state index is 0.667. The van der Waals surface area contributed by atoms with E-state index in [2.05, 4.69) is 60.3 Å². The number of benzene rings is 2. The van der Waals surface area contributed by atoms with Crippen molar-refractivity contribution in [3.05, 3.63) is 42.0 Å². The number of hydrogen-bond donors (Lipinski definition) is 1. The van der Waals surface area contributed by atoms with Crippen LogP contribution in [-0.2, 0) is 6.54 Å². The molecule has 1 fully saturated rings. The van der Waals surface area contributed by atoms with Crippen molar-refractivity contribution < 1.29 is 0 Å². The maximum Gasteiger partial charge on any atom is 0.0366 e. The van der Waals surface area contributed by atoms with Crippen LogP contribution in [0.25, 0.3) is 10.8 Å². The van der Waals surface area contributed by atoms with Gasteiger partial charge >= 0.3 is 0 Å². The van der Waals surface area contributed by atoms with Gasteiger partial charge in [0.25, 0.3) is 0 Å². The molecule has 2 aromatic carbocycles. The monoisotopic (exact) mass is 283 g/mol. The average Bonchev–Trinajstić information content (AvgIpc) is 2.48. The van der Waals surface area contributed by atoms with Gasteiger partial charge in [0, 0.05) is 24.8 Å². The molecule has 1 saturated heterocycles. The first-order valence-electron chi connectivity index (χ1n) is 7.79.